The van der Waals surface area contributed by atoms with Crippen LogP contribution in [0.4, 0.5) is 0 Å². The van der Waals surface area contributed by atoms with Crippen molar-refractivity contribution in [1.82, 2.24) is 4.42 Å². The van der Waals surface area contributed by atoms with Gasteiger partial charge in [0.25, 0.3) is 0 Å². The second-order valence-corrected chi connectivity index (χ2v) is 8.62. The lowest BCUT2D eigenvalue weighted by Crippen LogP contribution is -2.29. The van der Waals surface area contributed by atoms with Gasteiger partial charge in [0.15, 0.2) is 23.0 Å². The van der Waals surface area contributed by atoms with Gasteiger partial charge in [0.1, 0.15) is 0 Å². The van der Waals surface area contributed by atoms with Crippen LogP contribution >= 0.6 is 11.8 Å². The van der Waals surface area contributed by atoms with E-state index in [1.807, 2.05) is 10.5 Å². The molecule has 3 rings (SSSR count). The Labute approximate surface area is 197 Å². The van der Waals surface area contributed by atoms with Crippen LogP contribution in [0.15, 0.2) is 30.3 Å². The Kier molecular flexibility index (Phi) is 9.36. The van der Waals surface area contributed by atoms with Crippen LogP contribution in [0, 0.1) is 0 Å². The van der Waals surface area contributed by atoms with Crippen LogP contribution in [0.25, 0.3) is 0 Å². The maximum absolute atomic E-state index is 6.71. The van der Waals surface area contributed by atoms with Gasteiger partial charge < -0.3 is 18.9 Å². The number of ether oxygens (including phenoxy) is 4. The van der Waals surface area contributed by atoms with Crippen LogP contribution in [0.5, 0.6) is 23.0 Å². The Morgan fingerprint density at radius 1 is 0.875 bits per heavy atom. The minimum Gasteiger partial charge on any atom is -0.493 e. The molecule has 1 aliphatic rings. The molecule has 1 aliphatic heterocycles. The molecule has 0 amide bonds. The summed E-state index contributed by atoms with van der Waals surface area (Å²) in [6.07, 6.45) is 5.87. The summed E-state index contributed by atoms with van der Waals surface area (Å²) < 4.78 is 25.0. The van der Waals surface area contributed by atoms with Crippen molar-refractivity contribution in [2.45, 2.75) is 58.4 Å². The fraction of sp³-hybridized carbons (Fsp3) is 0.538. The first-order valence-electron chi connectivity index (χ1n) is 11.7. The smallest absolute Gasteiger partial charge is 0.161 e. The molecule has 0 aliphatic carbocycles. The molecule has 5 nitrogen and oxygen atoms in total. The molecule has 0 N–H and O–H groups in total. The number of nitrogens with zero attached hydrogens (tertiary/aromatic N) is 1. The number of unbranched alkanes of at least 4 members (excludes halogenated alkanes) is 2. The van der Waals surface area contributed by atoms with Crippen molar-refractivity contribution in [3.8, 4) is 23.0 Å². The normalized spacial score (nSPS) is 15.8. The molecule has 0 unspecified atom stereocenters. The Bertz CT molecular complexity index is 873. The number of halogens is 1. The average Bonchev–Trinajstić information content (AvgIpc) is 2.81. The van der Waals surface area contributed by atoms with Crippen molar-refractivity contribution in [1.29, 1.82) is 0 Å². The number of hydrogen-bond donors (Lipinski definition) is 0. The zero-order valence-electron chi connectivity index (χ0n) is 19.8. The first-order valence-corrected chi connectivity index (χ1v) is 12.0. The summed E-state index contributed by atoms with van der Waals surface area (Å²) in [4.78, 5) is 0. The molecule has 1 atom stereocenters. The van der Waals surface area contributed by atoms with Gasteiger partial charge in [-0.15, -0.1) is 0 Å². The SMILES string of the molecule is CCCCOc1ccc(C[C@@H]2c3cc(OCCCC)c(OC)cc3CCN2Cl)cc1OC. The number of benzene rings is 2. The molecule has 0 saturated carbocycles. The third-order valence-corrected chi connectivity index (χ3v) is 6.29. The van der Waals surface area contributed by atoms with Gasteiger partial charge in [0.2, 0.25) is 0 Å². The molecule has 0 spiro atoms. The second kappa shape index (κ2) is 12.2. The van der Waals surface area contributed by atoms with E-state index in [0.717, 1.165) is 73.6 Å². The van der Waals surface area contributed by atoms with E-state index in [1.165, 1.54) is 11.1 Å². The highest BCUT2D eigenvalue weighted by molar-refractivity contribution is 6.13. The molecule has 6 heteroatoms. The van der Waals surface area contributed by atoms with Gasteiger partial charge in [0.05, 0.1) is 33.5 Å². The standard InChI is InChI=1S/C26H36ClNO4/c1-5-7-13-31-23-10-9-19(16-24(23)29-3)15-22-21-18-26(32-14-8-6-2)25(30-4)17-20(21)11-12-28(22)27/h9-10,16-18,22H,5-8,11-15H2,1-4H3/t22-/m1/s1. The molecule has 0 fully saturated rings. The van der Waals surface area contributed by atoms with Crippen LogP contribution in [0.1, 0.15) is 62.3 Å². The fourth-order valence-corrected chi connectivity index (χ4v) is 4.25. The molecule has 32 heavy (non-hydrogen) atoms. The van der Waals surface area contributed by atoms with Gasteiger partial charge in [-0.05, 0) is 78.4 Å². The minimum absolute atomic E-state index is 0.0383. The maximum atomic E-state index is 6.71. The number of rotatable bonds is 12. The highest BCUT2D eigenvalue weighted by Crippen LogP contribution is 2.41. The maximum Gasteiger partial charge on any atom is 0.161 e. The molecule has 0 radical (unpaired) electrons. The number of methoxy groups -OCH3 is 2. The van der Waals surface area contributed by atoms with E-state index in [-0.39, 0.29) is 6.04 Å². The van der Waals surface area contributed by atoms with Gasteiger partial charge in [-0.25, -0.2) is 4.42 Å². The molecule has 2 aromatic rings. The highest BCUT2D eigenvalue weighted by atomic mass is 35.5. The quantitative estimate of drug-likeness (QED) is 0.272. The van der Waals surface area contributed by atoms with Crippen molar-refractivity contribution < 1.29 is 18.9 Å². The molecular weight excluding hydrogens is 426 g/mol. The van der Waals surface area contributed by atoms with Crippen LogP contribution in [-0.4, -0.2) is 38.4 Å². The lowest BCUT2D eigenvalue weighted by atomic mass is 9.89. The zero-order valence-corrected chi connectivity index (χ0v) is 20.5. The summed E-state index contributed by atoms with van der Waals surface area (Å²) in [6.45, 7) is 6.47. The number of hydrogen-bond acceptors (Lipinski definition) is 5. The van der Waals surface area contributed by atoms with E-state index in [0.29, 0.717) is 13.2 Å². The predicted octanol–water partition coefficient (Wildman–Crippen LogP) is 6.36. The summed E-state index contributed by atoms with van der Waals surface area (Å²) in [6, 6.07) is 10.4. The van der Waals surface area contributed by atoms with Crippen molar-refractivity contribution >= 4 is 11.8 Å². The lowest BCUT2D eigenvalue weighted by molar-refractivity contribution is 0.282. The molecular formula is C26H36ClNO4. The molecule has 1 heterocycles. The summed E-state index contributed by atoms with van der Waals surface area (Å²) in [7, 11) is 3.38. The Morgan fingerprint density at radius 2 is 1.53 bits per heavy atom. The highest BCUT2D eigenvalue weighted by Gasteiger charge is 2.29. The third-order valence-electron chi connectivity index (χ3n) is 5.89. The summed E-state index contributed by atoms with van der Waals surface area (Å²) >= 11 is 6.71. The largest absolute Gasteiger partial charge is 0.493 e. The molecule has 0 saturated heterocycles. The summed E-state index contributed by atoms with van der Waals surface area (Å²) in [5.74, 6) is 3.12. The first kappa shape index (κ1) is 24.5. The van der Waals surface area contributed by atoms with E-state index in [1.54, 1.807) is 14.2 Å². The van der Waals surface area contributed by atoms with Crippen molar-refractivity contribution in [3.05, 3.63) is 47.0 Å². The van der Waals surface area contributed by atoms with Crippen molar-refractivity contribution in [2.24, 2.45) is 0 Å². The third kappa shape index (κ3) is 6.02. The van der Waals surface area contributed by atoms with Crippen LogP contribution < -0.4 is 18.9 Å². The zero-order chi connectivity index (χ0) is 22.9. The minimum atomic E-state index is 0.0383. The van der Waals surface area contributed by atoms with E-state index in [4.69, 9.17) is 30.7 Å². The fourth-order valence-electron chi connectivity index (χ4n) is 3.99. The van der Waals surface area contributed by atoms with E-state index < -0.39 is 0 Å². The summed E-state index contributed by atoms with van der Waals surface area (Å²) in [5.41, 5.74) is 3.61. The van der Waals surface area contributed by atoms with Crippen molar-refractivity contribution in [2.75, 3.05) is 34.0 Å². The summed E-state index contributed by atoms with van der Waals surface area (Å²) in [5, 5.41) is 0. The van der Waals surface area contributed by atoms with Crippen LogP contribution in [0.3, 0.4) is 0 Å². The van der Waals surface area contributed by atoms with Gasteiger partial charge in [0, 0.05) is 6.54 Å². The van der Waals surface area contributed by atoms with Gasteiger partial charge in [-0.3, -0.25) is 0 Å². The van der Waals surface area contributed by atoms with Crippen molar-refractivity contribution in [3.63, 3.8) is 0 Å². The van der Waals surface area contributed by atoms with E-state index >= 15 is 0 Å². The molecule has 176 valence electrons. The molecule has 0 bridgehead atoms. The molecule has 0 aromatic heterocycles. The molecule has 2 aromatic carbocycles. The first-order chi connectivity index (χ1) is 15.6. The second-order valence-electron chi connectivity index (χ2n) is 8.18. The topological polar surface area (TPSA) is 40.2 Å². The Balaban J connectivity index is 1.85. The van der Waals surface area contributed by atoms with Gasteiger partial charge >= 0.3 is 0 Å². The van der Waals surface area contributed by atoms with Gasteiger partial charge in [-0.2, -0.15) is 0 Å². The Morgan fingerprint density at radius 3 is 2.19 bits per heavy atom. The predicted molar refractivity (Wildman–Crippen MR) is 130 cm³/mol. The monoisotopic (exact) mass is 461 g/mol. The van der Waals surface area contributed by atoms with E-state index in [2.05, 4.69) is 38.1 Å². The lowest BCUT2D eigenvalue weighted by Gasteiger charge is -2.33. The number of fused-ring (bicyclic) bond motifs is 1. The average molecular weight is 462 g/mol. The van der Waals surface area contributed by atoms with Gasteiger partial charge in [-0.1, -0.05) is 32.8 Å². The van der Waals surface area contributed by atoms with Crippen LogP contribution in [-0.2, 0) is 12.8 Å². The van der Waals surface area contributed by atoms with E-state index in [9.17, 15) is 0 Å². The van der Waals surface area contributed by atoms with Crippen LogP contribution in [0.2, 0.25) is 0 Å². The Hall–Kier alpha value is -2.11.